The third-order valence-electron chi connectivity index (χ3n) is 4.34. The van der Waals surface area contributed by atoms with Crippen LogP contribution in [-0.4, -0.2) is 12.6 Å². The summed E-state index contributed by atoms with van der Waals surface area (Å²) in [5.74, 6) is 0.918. The maximum absolute atomic E-state index is 6.71. The molecule has 0 heterocycles. The van der Waals surface area contributed by atoms with Crippen molar-refractivity contribution >= 4 is 15.9 Å². The number of fused-ring (bicyclic) bond motifs is 1. The van der Waals surface area contributed by atoms with Gasteiger partial charge in [-0.15, -0.1) is 0 Å². The normalized spacial score (nSPS) is 20.9. The topological polar surface area (TPSA) is 35.2 Å². The second kappa shape index (κ2) is 5.82. The van der Waals surface area contributed by atoms with Crippen LogP contribution in [0.25, 0.3) is 0 Å². The molecule has 0 saturated carbocycles. The molecule has 0 aliphatic heterocycles. The molecule has 2 aromatic rings. The number of aryl methyl sites for hydroxylation is 1. The number of halogens is 1. The largest absolute Gasteiger partial charge is 0.496 e. The van der Waals surface area contributed by atoms with E-state index in [2.05, 4.69) is 46.3 Å². The summed E-state index contributed by atoms with van der Waals surface area (Å²) >= 11 is 3.54. The maximum atomic E-state index is 6.71. The molecule has 1 atom stereocenters. The maximum Gasteiger partial charge on any atom is 0.122 e. The molecule has 1 unspecified atom stereocenters. The van der Waals surface area contributed by atoms with Crippen LogP contribution < -0.4 is 10.5 Å². The van der Waals surface area contributed by atoms with Crippen molar-refractivity contribution in [2.45, 2.75) is 31.2 Å². The number of rotatable bonds is 3. The molecule has 2 N–H and O–H groups in total. The molecule has 0 fully saturated rings. The van der Waals surface area contributed by atoms with Crippen molar-refractivity contribution < 1.29 is 4.74 Å². The molecule has 0 spiro atoms. The van der Waals surface area contributed by atoms with Gasteiger partial charge < -0.3 is 10.5 Å². The fraction of sp³-hybridized carbons (Fsp3) is 0.333. The van der Waals surface area contributed by atoms with Crippen molar-refractivity contribution in [2.75, 3.05) is 7.11 Å². The Kier molecular flexibility index (Phi) is 4.05. The smallest absolute Gasteiger partial charge is 0.122 e. The van der Waals surface area contributed by atoms with Gasteiger partial charge >= 0.3 is 0 Å². The molecule has 0 bridgehead atoms. The molecular formula is C18H20BrNO. The summed E-state index contributed by atoms with van der Waals surface area (Å²) in [7, 11) is 1.71. The third-order valence-corrected chi connectivity index (χ3v) is 4.83. The molecule has 3 heteroatoms. The molecule has 110 valence electrons. The highest BCUT2D eigenvalue weighted by Crippen LogP contribution is 2.33. The molecule has 0 aromatic heterocycles. The van der Waals surface area contributed by atoms with Crippen LogP contribution in [0.15, 0.2) is 46.9 Å². The second-order valence-electron chi connectivity index (χ2n) is 5.94. The Morgan fingerprint density at radius 1 is 1.19 bits per heavy atom. The van der Waals surface area contributed by atoms with E-state index in [1.165, 1.54) is 16.7 Å². The van der Waals surface area contributed by atoms with Crippen molar-refractivity contribution in [3.05, 3.63) is 63.6 Å². The minimum absolute atomic E-state index is 0.192. The Labute approximate surface area is 134 Å². The minimum atomic E-state index is -0.192. The molecule has 3 rings (SSSR count). The van der Waals surface area contributed by atoms with Gasteiger partial charge in [0, 0.05) is 10.0 Å². The van der Waals surface area contributed by atoms with Crippen LogP contribution >= 0.6 is 15.9 Å². The van der Waals surface area contributed by atoms with Crippen LogP contribution in [-0.2, 0) is 19.3 Å². The molecule has 2 aromatic carbocycles. The number of hydrogen-bond acceptors (Lipinski definition) is 2. The lowest BCUT2D eigenvalue weighted by molar-refractivity contribution is 0.356. The van der Waals surface area contributed by atoms with Gasteiger partial charge in [-0.2, -0.15) is 0 Å². The highest BCUT2D eigenvalue weighted by Gasteiger charge is 2.31. The van der Waals surface area contributed by atoms with Crippen molar-refractivity contribution in [2.24, 2.45) is 5.73 Å². The van der Waals surface area contributed by atoms with E-state index < -0.39 is 0 Å². The number of hydrogen-bond donors (Lipinski definition) is 1. The molecule has 0 amide bonds. The average molecular weight is 346 g/mol. The second-order valence-corrected chi connectivity index (χ2v) is 6.86. The molecule has 1 aliphatic rings. The monoisotopic (exact) mass is 345 g/mol. The van der Waals surface area contributed by atoms with E-state index in [1.54, 1.807) is 7.11 Å². The van der Waals surface area contributed by atoms with E-state index in [9.17, 15) is 0 Å². The van der Waals surface area contributed by atoms with E-state index in [0.717, 1.165) is 35.9 Å². The number of benzene rings is 2. The number of nitrogens with two attached hydrogens (primary N) is 1. The van der Waals surface area contributed by atoms with Gasteiger partial charge in [0.15, 0.2) is 0 Å². The molecule has 21 heavy (non-hydrogen) atoms. The summed E-state index contributed by atoms with van der Waals surface area (Å²) in [6.45, 7) is 0. The predicted octanol–water partition coefficient (Wildman–Crippen LogP) is 3.89. The van der Waals surface area contributed by atoms with Crippen LogP contribution in [0.5, 0.6) is 5.75 Å². The van der Waals surface area contributed by atoms with Crippen molar-refractivity contribution in [1.82, 2.24) is 0 Å². The van der Waals surface area contributed by atoms with Crippen LogP contribution in [0.3, 0.4) is 0 Å². The molecule has 0 radical (unpaired) electrons. The van der Waals surface area contributed by atoms with E-state index in [4.69, 9.17) is 10.5 Å². The lowest BCUT2D eigenvalue weighted by Gasteiger charge is -2.35. The Bertz CT molecular complexity index is 655. The fourth-order valence-corrected chi connectivity index (χ4v) is 3.65. The zero-order valence-corrected chi connectivity index (χ0v) is 13.8. The summed E-state index contributed by atoms with van der Waals surface area (Å²) in [4.78, 5) is 0. The first-order chi connectivity index (χ1) is 10.1. The first kappa shape index (κ1) is 14.6. The average Bonchev–Trinajstić information content (AvgIpc) is 2.47. The number of methoxy groups -OCH3 is 1. The Balaban J connectivity index is 1.87. The minimum Gasteiger partial charge on any atom is -0.496 e. The summed E-state index contributed by atoms with van der Waals surface area (Å²) < 4.78 is 6.55. The van der Waals surface area contributed by atoms with E-state index in [1.807, 2.05) is 12.1 Å². The molecule has 0 saturated heterocycles. The summed E-state index contributed by atoms with van der Waals surface area (Å²) in [5.41, 5.74) is 10.5. The van der Waals surface area contributed by atoms with Crippen LogP contribution in [0.1, 0.15) is 23.1 Å². The van der Waals surface area contributed by atoms with Crippen LogP contribution in [0.4, 0.5) is 0 Å². The Morgan fingerprint density at radius 3 is 2.71 bits per heavy atom. The van der Waals surface area contributed by atoms with E-state index in [-0.39, 0.29) is 5.54 Å². The highest BCUT2D eigenvalue weighted by atomic mass is 79.9. The van der Waals surface area contributed by atoms with Gasteiger partial charge in [-0.1, -0.05) is 40.2 Å². The SMILES string of the molecule is COc1ccc(Br)cc1CC1(N)CCc2ccccc2C1. The highest BCUT2D eigenvalue weighted by molar-refractivity contribution is 9.10. The van der Waals surface area contributed by atoms with Gasteiger partial charge in [0.25, 0.3) is 0 Å². The molecule has 1 aliphatic carbocycles. The molecule has 2 nitrogen and oxygen atoms in total. The van der Waals surface area contributed by atoms with Crippen LogP contribution in [0, 0.1) is 0 Å². The first-order valence-electron chi connectivity index (χ1n) is 7.28. The van der Waals surface area contributed by atoms with Crippen molar-refractivity contribution in [3.63, 3.8) is 0 Å². The van der Waals surface area contributed by atoms with Gasteiger partial charge in [-0.25, -0.2) is 0 Å². The lowest BCUT2D eigenvalue weighted by atomic mass is 9.75. The predicted molar refractivity (Wildman–Crippen MR) is 89.8 cm³/mol. The van der Waals surface area contributed by atoms with E-state index in [0.29, 0.717) is 0 Å². The van der Waals surface area contributed by atoms with Gasteiger partial charge in [-0.05, 0) is 60.6 Å². The summed E-state index contributed by atoms with van der Waals surface area (Å²) in [6.07, 6.45) is 3.84. The summed E-state index contributed by atoms with van der Waals surface area (Å²) in [6, 6.07) is 14.8. The standard InChI is InChI=1S/C18H20BrNO/c1-21-17-7-6-16(19)10-15(17)12-18(20)9-8-13-4-2-3-5-14(13)11-18/h2-7,10H,8-9,11-12,20H2,1H3. The zero-order valence-electron chi connectivity index (χ0n) is 12.2. The fourth-order valence-electron chi connectivity index (χ4n) is 3.24. The summed E-state index contributed by atoms with van der Waals surface area (Å²) in [5, 5.41) is 0. The van der Waals surface area contributed by atoms with Gasteiger partial charge in [0.1, 0.15) is 5.75 Å². The quantitative estimate of drug-likeness (QED) is 0.915. The van der Waals surface area contributed by atoms with Gasteiger partial charge in [0.2, 0.25) is 0 Å². The van der Waals surface area contributed by atoms with Crippen molar-refractivity contribution in [3.8, 4) is 5.75 Å². The van der Waals surface area contributed by atoms with Crippen molar-refractivity contribution in [1.29, 1.82) is 0 Å². The van der Waals surface area contributed by atoms with Gasteiger partial charge in [0.05, 0.1) is 7.11 Å². The Hall–Kier alpha value is -1.32. The third kappa shape index (κ3) is 3.14. The number of ether oxygens (including phenoxy) is 1. The molecular weight excluding hydrogens is 326 g/mol. The zero-order chi connectivity index (χ0) is 14.9. The lowest BCUT2D eigenvalue weighted by Crippen LogP contribution is -2.47. The van der Waals surface area contributed by atoms with E-state index >= 15 is 0 Å². The van der Waals surface area contributed by atoms with Gasteiger partial charge in [-0.3, -0.25) is 0 Å². The first-order valence-corrected chi connectivity index (χ1v) is 8.07. The van der Waals surface area contributed by atoms with Crippen LogP contribution in [0.2, 0.25) is 0 Å². The Morgan fingerprint density at radius 2 is 1.95 bits per heavy atom.